The van der Waals surface area contributed by atoms with Gasteiger partial charge in [0.25, 0.3) is 0 Å². The fourth-order valence-electron chi connectivity index (χ4n) is 2.14. The molecule has 1 atom stereocenters. The predicted octanol–water partition coefficient (Wildman–Crippen LogP) is 2.29. The van der Waals surface area contributed by atoms with Gasteiger partial charge in [-0.1, -0.05) is 6.92 Å². The lowest BCUT2D eigenvalue weighted by molar-refractivity contribution is -0.134. The molecule has 1 heterocycles. The molecular weight excluding hydrogens is 240 g/mol. The molecule has 98 valence electrons. The summed E-state index contributed by atoms with van der Waals surface area (Å²) in [5.74, 6) is -3.40. The van der Waals surface area contributed by atoms with Crippen molar-refractivity contribution in [1.82, 2.24) is 5.32 Å². The van der Waals surface area contributed by atoms with E-state index in [9.17, 15) is 18.4 Å². The van der Waals surface area contributed by atoms with Crippen LogP contribution in [0.4, 0.5) is 8.78 Å². The second-order valence-electron chi connectivity index (χ2n) is 4.33. The first-order valence-electron chi connectivity index (χ1n) is 5.84. The number of rotatable bonds is 2. The van der Waals surface area contributed by atoms with Crippen molar-refractivity contribution in [2.45, 2.75) is 32.1 Å². The number of hydrogen-bond donors (Lipinski definition) is 1. The van der Waals surface area contributed by atoms with Crippen molar-refractivity contribution >= 4 is 11.8 Å². The Kier molecular flexibility index (Phi) is 3.41. The highest BCUT2D eigenvalue weighted by Gasteiger charge is 2.32. The molecule has 1 saturated heterocycles. The Labute approximate surface area is 105 Å². The summed E-state index contributed by atoms with van der Waals surface area (Å²) in [5, 5.41) is 2.10. The van der Waals surface area contributed by atoms with Crippen LogP contribution >= 0.6 is 0 Å². The summed E-state index contributed by atoms with van der Waals surface area (Å²) in [6.07, 6.45) is 0.762. The van der Waals surface area contributed by atoms with E-state index in [1.54, 1.807) is 6.92 Å². The first-order valence-corrected chi connectivity index (χ1v) is 5.84. The zero-order chi connectivity index (χ0) is 13.3. The third-order valence-electron chi connectivity index (χ3n) is 3.13. The quantitative estimate of drug-likeness (QED) is 0.824. The monoisotopic (exact) mass is 255 g/mol. The summed E-state index contributed by atoms with van der Waals surface area (Å²) in [6, 6.07) is 2.48. The second-order valence-corrected chi connectivity index (χ2v) is 4.33. The number of nitrogens with one attached hydrogen (secondary N) is 1. The molecule has 0 saturated carbocycles. The van der Waals surface area contributed by atoms with Crippen molar-refractivity contribution in [3.63, 3.8) is 0 Å². The Bertz CT molecular complexity index is 496. The van der Waals surface area contributed by atoms with E-state index >= 15 is 0 Å². The van der Waals surface area contributed by atoms with Gasteiger partial charge >= 0.3 is 0 Å². The van der Waals surface area contributed by atoms with E-state index in [4.69, 9.17) is 0 Å². The number of piperidine rings is 1. The van der Waals surface area contributed by atoms with Gasteiger partial charge in [-0.2, -0.15) is 0 Å². The average molecular weight is 255 g/mol. The van der Waals surface area contributed by atoms with Gasteiger partial charge in [0, 0.05) is 13.4 Å². The molecule has 1 aromatic carbocycles. The summed E-state index contributed by atoms with van der Waals surface area (Å²) < 4.78 is 27.7. The molecule has 2 rings (SSSR count). The molecule has 5 heteroatoms. The Hall–Kier alpha value is -1.78. The summed E-state index contributed by atoms with van der Waals surface area (Å²) in [7, 11) is 0. The molecule has 0 bridgehead atoms. The molecule has 3 nitrogen and oxygen atoms in total. The van der Waals surface area contributed by atoms with Crippen molar-refractivity contribution in [3.05, 3.63) is 34.9 Å². The normalized spacial score (nSPS) is 19.8. The van der Waals surface area contributed by atoms with Crippen molar-refractivity contribution in [2.24, 2.45) is 0 Å². The van der Waals surface area contributed by atoms with Gasteiger partial charge in [0.05, 0.1) is 5.92 Å². The molecule has 1 aliphatic rings. The Balaban J connectivity index is 0.00000180. The molecule has 1 fully saturated rings. The van der Waals surface area contributed by atoms with E-state index in [0.717, 1.165) is 0 Å². The molecule has 2 amide bonds. The number of aryl methyl sites for hydroxylation is 1. The molecule has 0 spiro atoms. The average Bonchev–Trinajstić information content (AvgIpc) is 2.30. The minimum atomic E-state index is -0.923. The maximum atomic E-state index is 13.8. The topological polar surface area (TPSA) is 46.2 Å². The maximum absolute atomic E-state index is 13.8. The lowest BCUT2D eigenvalue weighted by atomic mass is 9.89. The van der Waals surface area contributed by atoms with Crippen LogP contribution in [0.1, 0.15) is 38.2 Å². The number of amides is 2. The number of imide groups is 1. The Morgan fingerprint density at radius 3 is 2.44 bits per heavy atom. The van der Waals surface area contributed by atoms with Gasteiger partial charge in [0.15, 0.2) is 0 Å². The Morgan fingerprint density at radius 2 is 1.94 bits per heavy atom. The molecule has 1 unspecified atom stereocenters. The number of carbonyl (C=O) groups excluding carboxylic acids is 2. The van der Waals surface area contributed by atoms with Crippen LogP contribution in [0.3, 0.4) is 0 Å². The second kappa shape index (κ2) is 4.84. The van der Waals surface area contributed by atoms with Crippen LogP contribution in [0, 0.1) is 11.6 Å². The van der Waals surface area contributed by atoms with Gasteiger partial charge in [-0.15, -0.1) is 0 Å². The zero-order valence-electron chi connectivity index (χ0n) is 9.93. The van der Waals surface area contributed by atoms with Crippen molar-refractivity contribution in [1.29, 1.82) is 0 Å². The van der Waals surface area contributed by atoms with Crippen LogP contribution < -0.4 is 5.32 Å². The highest BCUT2D eigenvalue weighted by atomic mass is 19.1. The summed E-state index contributed by atoms with van der Waals surface area (Å²) >= 11 is 0. The van der Waals surface area contributed by atoms with Crippen molar-refractivity contribution in [3.8, 4) is 0 Å². The predicted molar refractivity (Wildman–Crippen MR) is 63.0 cm³/mol. The molecule has 0 aromatic heterocycles. The molecule has 1 aliphatic heterocycles. The van der Waals surface area contributed by atoms with E-state index in [-0.39, 0.29) is 19.8 Å². The molecule has 0 radical (unpaired) electrons. The van der Waals surface area contributed by atoms with Crippen LogP contribution in [0.15, 0.2) is 12.1 Å². The zero-order valence-corrected chi connectivity index (χ0v) is 9.93. The SMILES string of the molecule is CCc1cc(F)c(C2CCC(=O)NC2=O)c(F)c1.[HH]. The first kappa shape index (κ1) is 12.7. The third kappa shape index (κ3) is 2.25. The molecule has 1 N–H and O–H groups in total. The van der Waals surface area contributed by atoms with Crippen LogP contribution in [-0.4, -0.2) is 11.8 Å². The van der Waals surface area contributed by atoms with Gasteiger partial charge in [-0.05, 0) is 30.5 Å². The van der Waals surface area contributed by atoms with Gasteiger partial charge in [-0.3, -0.25) is 14.9 Å². The lowest BCUT2D eigenvalue weighted by Gasteiger charge is -2.22. The summed E-state index contributed by atoms with van der Waals surface area (Å²) in [6.45, 7) is 1.79. The van der Waals surface area contributed by atoms with Crippen LogP contribution in [0.5, 0.6) is 0 Å². The standard InChI is InChI=1S/C13H13F2NO2.H2/c1-2-7-5-9(14)12(10(15)6-7)8-3-4-11(17)16-13(8)18;/h5-6,8H,2-4H2,1H3,(H,16,17,18);1H. The van der Waals surface area contributed by atoms with Crippen LogP contribution in [0.2, 0.25) is 0 Å². The lowest BCUT2D eigenvalue weighted by Crippen LogP contribution is -2.40. The smallest absolute Gasteiger partial charge is 0.234 e. The van der Waals surface area contributed by atoms with Gasteiger partial charge in [0.1, 0.15) is 11.6 Å². The molecule has 18 heavy (non-hydrogen) atoms. The van der Waals surface area contributed by atoms with Gasteiger partial charge in [0.2, 0.25) is 11.8 Å². The van der Waals surface area contributed by atoms with Gasteiger partial charge in [-0.25, -0.2) is 8.78 Å². The molecule has 1 aromatic rings. The van der Waals surface area contributed by atoms with Crippen molar-refractivity contribution < 1.29 is 19.8 Å². The largest absolute Gasteiger partial charge is 0.296 e. The van der Waals surface area contributed by atoms with E-state index in [1.807, 2.05) is 0 Å². The Morgan fingerprint density at radius 1 is 1.33 bits per heavy atom. The van der Waals surface area contributed by atoms with E-state index in [2.05, 4.69) is 5.32 Å². The minimum Gasteiger partial charge on any atom is -0.296 e. The van der Waals surface area contributed by atoms with E-state index < -0.39 is 29.4 Å². The fourth-order valence-corrected chi connectivity index (χ4v) is 2.14. The maximum Gasteiger partial charge on any atom is 0.234 e. The highest BCUT2D eigenvalue weighted by molar-refractivity contribution is 6.00. The van der Waals surface area contributed by atoms with Crippen LogP contribution in [-0.2, 0) is 16.0 Å². The molecule has 0 aliphatic carbocycles. The number of halogens is 2. The van der Waals surface area contributed by atoms with Crippen molar-refractivity contribution in [2.75, 3.05) is 0 Å². The van der Waals surface area contributed by atoms with E-state index in [1.165, 1.54) is 12.1 Å². The number of carbonyl (C=O) groups is 2. The van der Waals surface area contributed by atoms with Crippen LogP contribution in [0.25, 0.3) is 0 Å². The molecular formula is C13H15F2NO2. The first-order chi connectivity index (χ1) is 8.52. The number of benzene rings is 1. The summed E-state index contributed by atoms with van der Waals surface area (Å²) in [5.41, 5.74) is 0.304. The third-order valence-corrected chi connectivity index (χ3v) is 3.13. The van der Waals surface area contributed by atoms with Gasteiger partial charge < -0.3 is 0 Å². The number of hydrogen-bond acceptors (Lipinski definition) is 2. The summed E-state index contributed by atoms with van der Waals surface area (Å²) in [4.78, 5) is 22.6. The highest BCUT2D eigenvalue weighted by Crippen LogP contribution is 2.30. The fraction of sp³-hybridized carbons (Fsp3) is 0.385. The van der Waals surface area contributed by atoms with E-state index in [0.29, 0.717) is 12.0 Å². The minimum absolute atomic E-state index is 0.